The Bertz CT molecular complexity index is 782. The molecular weight excluding hydrogens is 370 g/mol. The number of aryl methyl sites for hydroxylation is 1. The van der Waals surface area contributed by atoms with Crippen LogP contribution in [-0.4, -0.2) is 22.3 Å². The van der Waals surface area contributed by atoms with Gasteiger partial charge in [-0.05, 0) is 73.5 Å². The molecule has 2 N–H and O–H groups in total. The third kappa shape index (κ3) is 4.89. The van der Waals surface area contributed by atoms with Crippen LogP contribution in [0.3, 0.4) is 0 Å². The summed E-state index contributed by atoms with van der Waals surface area (Å²) in [7, 11) is 0. The summed E-state index contributed by atoms with van der Waals surface area (Å²) in [5, 5.41) is 5.61. The maximum Gasteiger partial charge on any atom is 0.274 e. The SMILES string of the molecule is Cc1ccc(NC(=O)c2cccc(C(=O)NC(C)(C)C)n2)c(Br)c1. The first-order chi connectivity index (χ1) is 11.2. The molecule has 0 spiro atoms. The van der Waals surface area contributed by atoms with Crippen LogP contribution >= 0.6 is 15.9 Å². The minimum atomic E-state index is -0.371. The number of benzene rings is 1. The molecule has 0 saturated heterocycles. The lowest BCUT2D eigenvalue weighted by atomic mass is 10.1. The molecule has 0 aliphatic heterocycles. The highest BCUT2D eigenvalue weighted by molar-refractivity contribution is 9.10. The van der Waals surface area contributed by atoms with Gasteiger partial charge >= 0.3 is 0 Å². The number of hydrogen-bond acceptors (Lipinski definition) is 3. The quantitative estimate of drug-likeness (QED) is 0.834. The van der Waals surface area contributed by atoms with Gasteiger partial charge in [-0.25, -0.2) is 4.98 Å². The zero-order chi connectivity index (χ0) is 17.9. The Morgan fingerprint density at radius 3 is 2.25 bits per heavy atom. The van der Waals surface area contributed by atoms with Gasteiger partial charge in [0.1, 0.15) is 11.4 Å². The van der Waals surface area contributed by atoms with Crippen LogP contribution in [0.2, 0.25) is 0 Å². The number of anilines is 1. The number of carbonyl (C=O) groups is 2. The molecule has 2 rings (SSSR count). The highest BCUT2D eigenvalue weighted by Crippen LogP contribution is 2.23. The number of hydrogen-bond donors (Lipinski definition) is 2. The largest absolute Gasteiger partial charge is 0.346 e. The van der Waals surface area contributed by atoms with E-state index in [1.807, 2.05) is 45.9 Å². The van der Waals surface area contributed by atoms with Crippen molar-refractivity contribution >= 4 is 33.4 Å². The number of carbonyl (C=O) groups excluding carboxylic acids is 2. The average molecular weight is 390 g/mol. The van der Waals surface area contributed by atoms with Crippen LogP contribution in [0.4, 0.5) is 5.69 Å². The van der Waals surface area contributed by atoms with Crippen molar-refractivity contribution in [1.82, 2.24) is 10.3 Å². The molecule has 5 nitrogen and oxygen atoms in total. The van der Waals surface area contributed by atoms with E-state index in [0.29, 0.717) is 5.69 Å². The number of aromatic nitrogens is 1. The highest BCUT2D eigenvalue weighted by atomic mass is 79.9. The van der Waals surface area contributed by atoms with Crippen LogP contribution in [0, 0.1) is 6.92 Å². The minimum absolute atomic E-state index is 0.184. The number of rotatable bonds is 3. The smallest absolute Gasteiger partial charge is 0.274 e. The Morgan fingerprint density at radius 2 is 1.67 bits per heavy atom. The maximum absolute atomic E-state index is 12.4. The molecule has 24 heavy (non-hydrogen) atoms. The molecule has 1 aromatic heterocycles. The summed E-state index contributed by atoms with van der Waals surface area (Å²) >= 11 is 3.42. The van der Waals surface area contributed by atoms with Crippen molar-refractivity contribution in [2.24, 2.45) is 0 Å². The highest BCUT2D eigenvalue weighted by Gasteiger charge is 2.18. The van der Waals surface area contributed by atoms with E-state index < -0.39 is 0 Å². The van der Waals surface area contributed by atoms with Crippen molar-refractivity contribution in [3.05, 3.63) is 57.8 Å². The van der Waals surface area contributed by atoms with Gasteiger partial charge in [-0.15, -0.1) is 0 Å². The van der Waals surface area contributed by atoms with Crippen LogP contribution in [0.5, 0.6) is 0 Å². The molecule has 1 aromatic carbocycles. The number of nitrogens with one attached hydrogen (secondary N) is 2. The summed E-state index contributed by atoms with van der Waals surface area (Å²) in [6, 6.07) is 10.4. The minimum Gasteiger partial charge on any atom is -0.346 e. The van der Waals surface area contributed by atoms with E-state index in [0.717, 1.165) is 10.0 Å². The molecule has 0 bridgehead atoms. The molecule has 2 aromatic rings. The monoisotopic (exact) mass is 389 g/mol. The molecule has 1 heterocycles. The van der Waals surface area contributed by atoms with E-state index >= 15 is 0 Å². The summed E-state index contributed by atoms with van der Waals surface area (Å²) in [5.74, 6) is -0.682. The predicted octanol–water partition coefficient (Wildman–Crippen LogP) is 3.93. The summed E-state index contributed by atoms with van der Waals surface area (Å²) in [6.07, 6.45) is 0. The van der Waals surface area contributed by atoms with E-state index in [4.69, 9.17) is 0 Å². The fraction of sp³-hybridized carbons (Fsp3) is 0.278. The van der Waals surface area contributed by atoms with Crippen LogP contribution < -0.4 is 10.6 Å². The van der Waals surface area contributed by atoms with Crippen molar-refractivity contribution < 1.29 is 9.59 Å². The van der Waals surface area contributed by atoms with Crippen molar-refractivity contribution in [2.75, 3.05) is 5.32 Å². The maximum atomic E-state index is 12.4. The van der Waals surface area contributed by atoms with E-state index in [1.165, 1.54) is 0 Å². The molecular formula is C18H20BrN3O2. The van der Waals surface area contributed by atoms with Gasteiger partial charge in [-0.1, -0.05) is 12.1 Å². The Kier molecular flexibility index (Phi) is 5.39. The second-order valence-corrected chi connectivity index (χ2v) is 7.40. The molecule has 0 saturated carbocycles. The Labute approximate surface area is 150 Å². The Balaban J connectivity index is 2.18. The number of nitrogens with zero attached hydrogens (tertiary/aromatic N) is 1. The van der Waals surface area contributed by atoms with E-state index in [9.17, 15) is 9.59 Å². The number of pyridine rings is 1. The van der Waals surface area contributed by atoms with Gasteiger partial charge in [-0.3, -0.25) is 9.59 Å². The Morgan fingerprint density at radius 1 is 1.04 bits per heavy atom. The molecule has 0 fully saturated rings. The van der Waals surface area contributed by atoms with Crippen LogP contribution in [0.1, 0.15) is 47.3 Å². The molecule has 126 valence electrons. The van der Waals surface area contributed by atoms with E-state index in [-0.39, 0.29) is 28.7 Å². The molecule has 0 atom stereocenters. The summed E-state index contributed by atoms with van der Waals surface area (Å²) in [4.78, 5) is 28.7. The Hall–Kier alpha value is -2.21. The third-order valence-electron chi connectivity index (χ3n) is 3.08. The molecule has 6 heteroatoms. The molecule has 0 aliphatic rings. The van der Waals surface area contributed by atoms with Gasteiger partial charge in [0, 0.05) is 10.0 Å². The van der Waals surface area contributed by atoms with Crippen molar-refractivity contribution in [1.29, 1.82) is 0 Å². The summed E-state index contributed by atoms with van der Waals surface area (Å²) < 4.78 is 0.789. The first-order valence-corrected chi connectivity index (χ1v) is 8.32. The van der Waals surface area contributed by atoms with Crippen LogP contribution in [0.15, 0.2) is 40.9 Å². The summed E-state index contributed by atoms with van der Waals surface area (Å²) in [6.45, 7) is 7.62. The molecule has 0 radical (unpaired) electrons. The van der Waals surface area contributed by atoms with Crippen LogP contribution in [0.25, 0.3) is 0 Å². The lowest BCUT2D eigenvalue weighted by Crippen LogP contribution is -2.41. The van der Waals surface area contributed by atoms with Gasteiger partial charge in [0.05, 0.1) is 5.69 Å². The average Bonchev–Trinajstić information content (AvgIpc) is 2.48. The van der Waals surface area contributed by atoms with Gasteiger partial charge in [0.25, 0.3) is 11.8 Å². The molecule has 0 unspecified atom stereocenters. The second kappa shape index (κ2) is 7.13. The van der Waals surface area contributed by atoms with Crippen LogP contribution in [-0.2, 0) is 0 Å². The van der Waals surface area contributed by atoms with Crippen molar-refractivity contribution in [2.45, 2.75) is 33.2 Å². The number of amides is 2. The first kappa shape index (κ1) is 18.1. The van der Waals surface area contributed by atoms with E-state index in [1.54, 1.807) is 18.2 Å². The lowest BCUT2D eigenvalue weighted by Gasteiger charge is -2.20. The lowest BCUT2D eigenvalue weighted by molar-refractivity contribution is 0.0914. The first-order valence-electron chi connectivity index (χ1n) is 7.53. The van der Waals surface area contributed by atoms with Gasteiger partial charge in [0.15, 0.2) is 0 Å². The predicted molar refractivity (Wildman–Crippen MR) is 98.3 cm³/mol. The second-order valence-electron chi connectivity index (χ2n) is 6.55. The van der Waals surface area contributed by atoms with Gasteiger partial charge in [0.2, 0.25) is 0 Å². The van der Waals surface area contributed by atoms with Gasteiger partial charge < -0.3 is 10.6 Å². The zero-order valence-corrected chi connectivity index (χ0v) is 15.7. The van der Waals surface area contributed by atoms with Crippen molar-refractivity contribution in [3.63, 3.8) is 0 Å². The number of halogens is 1. The fourth-order valence-corrected chi connectivity index (χ4v) is 2.59. The third-order valence-corrected chi connectivity index (χ3v) is 3.73. The van der Waals surface area contributed by atoms with E-state index in [2.05, 4.69) is 31.5 Å². The fourth-order valence-electron chi connectivity index (χ4n) is 2.00. The topological polar surface area (TPSA) is 71.1 Å². The zero-order valence-electron chi connectivity index (χ0n) is 14.1. The van der Waals surface area contributed by atoms with Gasteiger partial charge in [-0.2, -0.15) is 0 Å². The van der Waals surface area contributed by atoms with Crippen molar-refractivity contribution in [3.8, 4) is 0 Å². The normalized spacial score (nSPS) is 11.0. The standard InChI is InChI=1S/C18H20BrN3O2/c1-11-8-9-13(12(19)10-11)21-16(23)14-6-5-7-15(20-14)17(24)22-18(2,3)4/h5-10H,1-4H3,(H,21,23)(H,22,24). The summed E-state index contributed by atoms with van der Waals surface area (Å²) in [5.41, 5.74) is 1.75. The molecule has 2 amide bonds. The molecule has 0 aliphatic carbocycles.